The second-order valence-electron chi connectivity index (χ2n) is 3.18. The van der Waals surface area contributed by atoms with Gasteiger partial charge < -0.3 is 5.32 Å². The minimum atomic E-state index is 0.290. The van der Waals surface area contributed by atoms with Crippen LogP contribution in [0.5, 0.6) is 0 Å². The number of nitrogens with one attached hydrogen (secondary N) is 1. The molecule has 0 amide bonds. The predicted molar refractivity (Wildman–Crippen MR) is 56.4 cm³/mol. The van der Waals surface area contributed by atoms with E-state index in [1.165, 1.54) is 24.3 Å². The summed E-state index contributed by atoms with van der Waals surface area (Å²) >= 11 is 2.05. The molecule has 1 heterocycles. The first kappa shape index (κ1) is 9.95. The van der Waals surface area contributed by atoms with Gasteiger partial charge >= 0.3 is 0 Å². The zero-order chi connectivity index (χ0) is 8.81. The van der Waals surface area contributed by atoms with Crippen LogP contribution in [0.4, 0.5) is 0 Å². The summed E-state index contributed by atoms with van der Waals surface area (Å²) in [6.45, 7) is 2.13. The van der Waals surface area contributed by atoms with E-state index in [1.807, 2.05) is 11.8 Å². The predicted octanol–water partition coefficient (Wildman–Crippen LogP) is 1.88. The molecule has 0 aromatic heterocycles. The van der Waals surface area contributed by atoms with Crippen molar-refractivity contribution in [3.8, 4) is 12.3 Å². The number of thioether (sulfide) groups is 1. The molecule has 1 nitrogen and oxygen atoms in total. The third-order valence-electron chi connectivity index (χ3n) is 2.27. The van der Waals surface area contributed by atoms with Gasteiger partial charge in [0, 0.05) is 6.04 Å². The van der Waals surface area contributed by atoms with Crippen LogP contribution in [-0.4, -0.2) is 23.6 Å². The molecule has 2 heteroatoms. The van der Waals surface area contributed by atoms with Gasteiger partial charge in [0.15, 0.2) is 0 Å². The first-order valence-corrected chi connectivity index (χ1v) is 5.82. The van der Waals surface area contributed by atoms with E-state index >= 15 is 0 Å². The van der Waals surface area contributed by atoms with E-state index in [4.69, 9.17) is 6.42 Å². The summed E-state index contributed by atoms with van der Waals surface area (Å²) in [7, 11) is 0. The monoisotopic (exact) mass is 183 g/mol. The van der Waals surface area contributed by atoms with Gasteiger partial charge in [-0.1, -0.05) is 12.8 Å². The summed E-state index contributed by atoms with van der Waals surface area (Å²) < 4.78 is 0. The van der Waals surface area contributed by atoms with Crippen LogP contribution in [0.2, 0.25) is 0 Å². The Bertz CT molecular complexity index is 156. The summed E-state index contributed by atoms with van der Waals surface area (Å²) in [4.78, 5) is 0. The molecular formula is C10H17NS. The largest absolute Gasteiger partial charge is 0.301 e. The van der Waals surface area contributed by atoms with Crippen LogP contribution in [0.25, 0.3) is 0 Å². The van der Waals surface area contributed by atoms with Gasteiger partial charge in [0.05, 0.1) is 6.04 Å². The first-order valence-electron chi connectivity index (χ1n) is 4.66. The molecule has 1 rings (SSSR count). The number of rotatable bonds is 3. The lowest BCUT2D eigenvalue weighted by Crippen LogP contribution is -2.39. The Morgan fingerprint density at radius 3 is 2.75 bits per heavy atom. The zero-order valence-corrected chi connectivity index (χ0v) is 8.49. The molecule has 0 aromatic carbocycles. The molecule has 1 unspecified atom stereocenters. The SMILES string of the molecule is C#CC(CC)NC1CCSCC1. The number of hydrogen-bond donors (Lipinski definition) is 1. The summed E-state index contributed by atoms with van der Waals surface area (Å²) in [5, 5.41) is 3.51. The van der Waals surface area contributed by atoms with Gasteiger partial charge in [-0.2, -0.15) is 11.8 Å². The van der Waals surface area contributed by atoms with Gasteiger partial charge in [-0.25, -0.2) is 0 Å². The summed E-state index contributed by atoms with van der Waals surface area (Å²) in [5.74, 6) is 5.36. The lowest BCUT2D eigenvalue weighted by Gasteiger charge is -2.25. The molecule has 0 aliphatic carbocycles. The minimum absolute atomic E-state index is 0.290. The van der Waals surface area contributed by atoms with Crippen molar-refractivity contribution in [2.24, 2.45) is 0 Å². The third-order valence-corrected chi connectivity index (χ3v) is 3.32. The highest BCUT2D eigenvalue weighted by Crippen LogP contribution is 2.17. The van der Waals surface area contributed by atoms with Crippen molar-refractivity contribution >= 4 is 11.8 Å². The fourth-order valence-electron chi connectivity index (χ4n) is 1.43. The molecule has 1 aliphatic rings. The van der Waals surface area contributed by atoms with E-state index in [9.17, 15) is 0 Å². The van der Waals surface area contributed by atoms with Gasteiger partial charge in [0.25, 0.3) is 0 Å². The topological polar surface area (TPSA) is 12.0 Å². The molecule has 0 aromatic rings. The van der Waals surface area contributed by atoms with Crippen LogP contribution in [0, 0.1) is 12.3 Å². The molecule has 1 fully saturated rings. The summed E-state index contributed by atoms with van der Waals surface area (Å²) in [6, 6.07) is 0.963. The molecule has 1 atom stereocenters. The molecular weight excluding hydrogens is 166 g/mol. The molecule has 1 N–H and O–H groups in total. The molecule has 68 valence electrons. The van der Waals surface area contributed by atoms with E-state index in [-0.39, 0.29) is 6.04 Å². The van der Waals surface area contributed by atoms with Crippen LogP contribution in [0.15, 0.2) is 0 Å². The molecule has 0 radical (unpaired) electrons. The molecule has 1 saturated heterocycles. The average Bonchev–Trinajstić information content (AvgIpc) is 2.16. The van der Waals surface area contributed by atoms with Crippen molar-refractivity contribution in [1.29, 1.82) is 0 Å². The van der Waals surface area contributed by atoms with Gasteiger partial charge in [-0.15, -0.1) is 6.42 Å². The van der Waals surface area contributed by atoms with E-state index < -0.39 is 0 Å². The highest BCUT2D eigenvalue weighted by molar-refractivity contribution is 7.99. The average molecular weight is 183 g/mol. The van der Waals surface area contributed by atoms with Crippen molar-refractivity contribution in [1.82, 2.24) is 5.32 Å². The lowest BCUT2D eigenvalue weighted by molar-refractivity contribution is 0.445. The zero-order valence-electron chi connectivity index (χ0n) is 7.68. The number of terminal acetylenes is 1. The highest BCUT2D eigenvalue weighted by atomic mass is 32.2. The van der Waals surface area contributed by atoms with Crippen molar-refractivity contribution in [2.45, 2.75) is 38.3 Å². The molecule has 1 aliphatic heterocycles. The van der Waals surface area contributed by atoms with Crippen molar-refractivity contribution < 1.29 is 0 Å². The van der Waals surface area contributed by atoms with E-state index in [2.05, 4.69) is 18.2 Å². The van der Waals surface area contributed by atoms with Gasteiger partial charge in [0.2, 0.25) is 0 Å². The lowest BCUT2D eigenvalue weighted by atomic mass is 10.1. The van der Waals surface area contributed by atoms with Crippen molar-refractivity contribution in [3.63, 3.8) is 0 Å². The normalized spacial score (nSPS) is 21.7. The number of hydrogen-bond acceptors (Lipinski definition) is 2. The van der Waals surface area contributed by atoms with Crippen LogP contribution in [-0.2, 0) is 0 Å². The van der Waals surface area contributed by atoms with Crippen molar-refractivity contribution in [3.05, 3.63) is 0 Å². The van der Waals surface area contributed by atoms with Crippen molar-refractivity contribution in [2.75, 3.05) is 11.5 Å². The Morgan fingerprint density at radius 2 is 2.25 bits per heavy atom. The Morgan fingerprint density at radius 1 is 1.58 bits per heavy atom. The Balaban J connectivity index is 2.24. The second kappa shape index (κ2) is 5.50. The minimum Gasteiger partial charge on any atom is -0.301 e. The fraction of sp³-hybridized carbons (Fsp3) is 0.800. The Labute approximate surface area is 79.7 Å². The van der Waals surface area contributed by atoms with Crippen LogP contribution in [0.3, 0.4) is 0 Å². The Kier molecular flexibility index (Phi) is 4.57. The van der Waals surface area contributed by atoms with E-state index in [0.29, 0.717) is 6.04 Å². The quantitative estimate of drug-likeness (QED) is 0.671. The molecule has 12 heavy (non-hydrogen) atoms. The first-order chi connectivity index (χ1) is 5.86. The van der Waals surface area contributed by atoms with Crippen LogP contribution < -0.4 is 5.32 Å². The van der Waals surface area contributed by atoms with Crippen LogP contribution >= 0.6 is 11.8 Å². The van der Waals surface area contributed by atoms with E-state index in [1.54, 1.807) is 0 Å². The van der Waals surface area contributed by atoms with Crippen LogP contribution in [0.1, 0.15) is 26.2 Å². The molecule has 0 saturated carbocycles. The fourth-order valence-corrected chi connectivity index (χ4v) is 2.54. The second-order valence-corrected chi connectivity index (χ2v) is 4.41. The maximum Gasteiger partial charge on any atom is 0.0686 e. The maximum atomic E-state index is 5.38. The highest BCUT2D eigenvalue weighted by Gasteiger charge is 2.15. The molecule has 0 spiro atoms. The van der Waals surface area contributed by atoms with E-state index in [0.717, 1.165) is 6.42 Å². The van der Waals surface area contributed by atoms with Gasteiger partial charge in [-0.05, 0) is 30.8 Å². The Hall–Kier alpha value is -0.130. The maximum absolute atomic E-state index is 5.38. The standard InChI is InChI=1S/C10H17NS/c1-3-9(4-2)11-10-5-7-12-8-6-10/h1,9-11H,4-8H2,2H3. The third kappa shape index (κ3) is 3.08. The smallest absolute Gasteiger partial charge is 0.0686 e. The van der Waals surface area contributed by atoms with Gasteiger partial charge in [0.1, 0.15) is 0 Å². The summed E-state index contributed by atoms with van der Waals surface area (Å²) in [5.41, 5.74) is 0. The van der Waals surface area contributed by atoms with Gasteiger partial charge in [-0.3, -0.25) is 0 Å². The summed E-state index contributed by atoms with van der Waals surface area (Å²) in [6.07, 6.45) is 8.99. The molecule has 0 bridgehead atoms.